The highest BCUT2D eigenvalue weighted by Gasteiger charge is 2.02. The fourth-order valence-corrected chi connectivity index (χ4v) is 1.26. The topological polar surface area (TPSA) is 86.9 Å². The van der Waals surface area contributed by atoms with Crippen LogP contribution in [-0.2, 0) is 0 Å². The molecule has 6 heteroatoms. The van der Waals surface area contributed by atoms with Crippen molar-refractivity contribution < 1.29 is 4.79 Å². The van der Waals surface area contributed by atoms with Crippen LogP contribution in [0.15, 0.2) is 40.9 Å². The van der Waals surface area contributed by atoms with Crippen molar-refractivity contribution in [3.8, 4) is 0 Å². The Bertz CT molecular complexity index is 517. The Morgan fingerprint density at radius 1 is 1.50 bits per heavy atom. The molecule has 0 aliphatic rings. The molecule has 1 aromatic heterocycles. The molecular formula is C12H16N4O2. The van der Waals surface area contributed by atoms with E-state index in [1.54, 1.807) is 0 Å². The first kappa shape index (κ1) is 13.7. The van der Waals surface area contributed by atoms with Gasteiger partial charge in [0.1, 0.15) is 5.82 Å². The van der Waals surface area contributed by atoms with Crippen LogP contribution in [0.3, 0.4) is 0 Å². The average Bonchev–Trinajstić information content (AvgIpc) is 2.34. The van der Waals surface area contributed by atoms with Crippen LogP contribution in [0.2, 0.25) is 0 Å². The minimum atomic E-state index is -0.504. The molecule has 3 N–H and O–H groups in total. The van der Waals surface area contributed by atoms with Gasteiger partial charge in [0.25, 0.3) is 0 Å². The summed E-state index contributed by atoms with van der Waals surface area (Å²) in [6.45, 7) is 4.22. The molecule has 18 heavy (non-hydrogen) atoms. The van der Waals surface area contributed by atoms with Crippen LogP contribution in [0.4, 0.5) is 10.6 Å². The molecule has 0 fully saturated rings. The third-order valence-electron chi connectivity index (χ3n) is 2.13. The highest BCUT2D eigenvalue weighted by Crippen LogP contribution is 1.97. The number of anilines is 1. The Balaban J connectivity index is 2.50. The van der Waals surface area contributed by atoms with E-state index in [2.05, 4.69) is 20.6 Å². The standard InChI is InChI=1S/C12H16N4O2/c1-3-5-9(4-2)8-14-12(18)16-10-6-7-13-11(17)15-10/h3-7H,8H2,1-2H3,(H3,13,14,15,16,17,18)/b5-3-,9-4+. The van der Waals surface area contributed by atoms with Crippen LogP contribution in [0.1, 0.15) is 13.8 Å². The number of carbonyl (C=O) groups excluding carboxylic acids is 1. The number of allylic oxidation sites excluding steroid dienone is 2. The van der Waals surface area contributed by atoms with E-state index < -0.39 is 5.69 Å². The van der Waals surface area contributed by atoms with Crippen molar-refractivity contribution in [1.29, 1.82) is 0 Å². The lowest BCUT2D eigenvalue weighted by Gasteiger charge is -2.07. The van der Waals surface area contributed by atoms with Gasteiger partial charge in [0.15, 0.2) is 0 Å². The second-order valence-corrected chi connectivity index (χ2v) is 3.46. The van der Waals surface area contributed by atoms with Crippen molar-refractivity contribution in [2.24, 2.45) is 0 Å². The van der Waals surface area contributed by atoms with Crippen LogP contribution in [0, 0.1) is 0 Å². The molecular weight excluding hydrogens is 232 g/mol. The molecule has 0 aliphatic heterocycles. The summed E-state index contributed by atoms with van der Waals surface area (Å²) in [5, 5.41) is 5.18. The number of nitrogens with one attached hydrogen (secondary N) is 3. The molecule has 0 atom stereocenters. The fourth-order valence-electron chi connectivity index (χ4n) is 1.26. The van der Waals surface area contributed by atoms with Gasteiger partial charge in [-0.15, -0.1) is 0 Å². The van der Waals surface area contributed by atoms with Gasteiger partial charge >= 0.3 is 11.7 Å². The van der Waals surface area contributed by atoms with Gasteiger partial charge in [-0.3, -0.25) is 10.3 Å². The third kappa shape index (κ3) is 4.65. The summed E-state index contributed by atoms with van der Waals surface area (Å²) in [7, 11) is 0. The normalized spacial score (nSPS) is 11.6. The number of hydrogen-bond donors (Lipinski definition) is 3. The molecule has 0 unspecified atom stereocenters. The van der Waals surface area contributed by atoms with Gasteiger partial charge in [0.05, 0.1) is 0 Å². The van der Waals surface area contributed by atoms with E-state index in [4.69, 9.17) is 0 Å². The van der Waals surface area contributed by atoms with Gasteiger partial charge in [-0.2, -0.15) is 0 Å². The second kappa shape index (κ2) is 7.05. The smallest absolute Gasteiger partial charge is 0.334 e. The quantitative estimate of drug-likeness (QED) is 0.704. The van der Waals surface area contributed by atoms with Crippen molar-refractivity contribution in [2.45, 2.75) is 13.8 Å². The highest BCUT2D eigenvalue weighted by atomic mass is 16.2. The largest absolute Gasteiger partial charge is 0.346 e. The maximum absolute atomic E-state index is 11.5. The van der Waals surface area contributed by atoms with Gasteiger partial charge in [-0.1, -0.05) is 18.2 Å². The molecule has 2 amide bonds. The number of nitrogens with zero attached hydrogens (tertiary/aromatic N) is 1. The zero-order valence-electron chi connectivity index (χ0n) is 10.4. The fraction of sp³-hybridized carbons (Fsp3) is 0.250. The second-order valence-electron chi connectivity index (χ2n) is 3.46. The zero-order valence-corrected chi connectivity index (χ0v) is 10.4. The molecule has 0 saturated heterocycles. The SMILES string of the molecule is C/C=C\C(=C/C)CNC(=O)Nc1ccnc(=O)[nH]1. The molecule has 0 spiro atoms. The maximum atomic E-state index is 11.5. The molecule has 0 radical (unpaired) electrons. The molecule has 1 aromatic rings. The first-order chi connectivity index (χ1) is 8.65. The first-order valence-electron chi connectivity index (χ1n) is 5.53. The Morgan fingerprint density at radius 2 is 2.28 bits per heavy atom. The number of rotatable bonds is 4. The van der Waals surface area contributed by atoms with Gasteiger partial charge in [-0.25, -0.2) is 14.6 Å². The summed E-state index contributed by atoms with van der Waals surface area (Å²) < 4.78 is 0. The minimum Gasteiger partial charge on any atom is -0.334 e. The Labute approximate surface area is 105 Å². The lowest BCUT2D eigenvalue weighted by Crippen LogP contribution is -2.31. The minimum absolute atomic E-state index is 0.306. The number of aromatic nitrogens is 2. The average molecular weight is 248 g/mol. The number of amides is 2. The van der Waals surface area contributed by atoms with Gasteiger partial charge in [0.2, 0.25) is 0 Å². The van der Waals surface area contributed by atoms with Crippen LogP contribution in [0.25, 0.3) is 0 Å². The van der Waals surface area contributed by atoms with E-state index in [0.29, 0.717) is 12.4 Å². The molecule has 0 saturated carbocycles. The van der Waals surface area contributed by atoms with Gasteiger partial charge in [0, 0.05) is 12.7 Å². The lowest BCUT2D eigenvalue weighted by molar-refractivity contribution is 0.253. The van der Waals surface area contributed by atoms with Crippen molar-refractivity contribution in [3.63, 3.8) is 0 Å². The summed E-state index contributed by atoms with van der Waals surface area (Å²) in [5.74, 6) is 0.306. The van der Waals surface area contributed by atoms with Crippen molar-refractivity contribution in [3.05, 3.63) is 46.5 Å². The van der Waals surface area contributed by atoms with E-state index in [-0.39, 0.29) is 6.03 Å². The number of carbonyl (C=O) groups is 1. The predicted octanol–water partition coefficient (Wildman–Crippen LogP) is 1.41. The summed E-state index contributed by atoms with van der Waals surface area (Å²) in [6, 6.07) is 1.12. The van der Waals surface area contributed by atoms with E-state index in [0.717, 1.165) is 5.57 Å². The lowest BCUT2D eigenvalue weighted by atomic mass is 10.2. The monoisotopic (exact) mass is 248 g/mol. The molecule has 1 rings (SSSR count). The van der Waals surface area contributed by atoms with Gasteiger partial charge in [-0.05, 0) is 25.5 Å². The summed E-state index contributed by atoms with van der Waals surface area (Å²) >= 11 is 0. The van der Waals surface area contributed by atoms with E-state index in [1.165, 1.54) is 12.3 Å². The van der Waals surface area contributed by atoms with E-state index >= 15 is 0 Å². The number of urea groups is 1. The van der Waals surface area contributed by atoms with Crippen molar-refractivity contribution in [1.82, 2.24) is 15.3 Å². The Kier molecular flexibility index (Phi) is 5.37. The molecule has 6 nitrogen and oxygen atoms in total. The third-order valence-corrected chi connectivity index (χ3v) is 2.13. The molecule has 0 aliphatic carbocycles. The first-order valence-corrected chi connectivity index (χ1v) is 5.53. The summed E-state index contributed by atoms with van der Waals surface area (Å²) in [6.07, 6.45) is 7.05. The summed E-state index contributed by atoms with van der Waals surface area (Å²) in [4.78, 5) is 28.3. The van der Waals surface area contributed by atoms with E-state index in [9.17, 15) is 9.59 Å². The van der Waals surface area contributed by atoms with Crippen LogP contribution >= 0.6 is 0 Å². The van der Waals surface area contributed by atoms with Crippen molar-refractivity contribution in [2.75, 3.05) is 11.9 Å². The molecule has 96 valence electrons. The summed E-state index contributed by atoms with van der Waals surface area (Å²) in [5.41, 5.74) is 0.492. The number of H-pyrrole nitrogens is 1. The zero-order chi connectivity index (χ0) is 13.4. The predicted molar refractivity (Wildman–Crippen MR) is 70.5 cm³/mol. The molecule has 0 bridgehead atoms. The van der Waals surface area contributed by atoms with E-state index in [1.807, 2.05) is 32.1 Å². The van der Waals surface area contributed by atoms with Crippen LogP contribution in [0.5, 0.6) is 0 Å². The van der Waals surface area contributed by atoms with Crippen molar-refractivity contribution >= 4 is 11.8 Å². The number of aromatic amines is 1. The highest BCUT2D eigenvalue weighted by molar-refractivity contribution is 5.88. The molecule has 1 heterocycles. The van der Waals surface area contributed by atoms with Crippen LogP contribution < -0.4 is 16.3 Å². The Morgan fingerprint density at radius 3 is 2.89 bits per heavy atom. The number of hydrogen-bond acceptors (Lipinski definition) is 3. The van der Waals surface area contributed by atoms with Gasteiger partial charge < -0.3 is 5.32 Å². The molecule has 0 aromatic carbocycles. The van der Waals surface area contributed by atoms with Crippen LogP contribution in [-0.4, -0.2) is 22.5 Å². The maximum Gasteiger partial charge on any atom is 0.346 e. The Hall–Kier alpha value is -2.37.